The number of aromatic nitrogens is 4. The molecule has 2 aliphatic carbocycles. The molecule has 1 fully saturated rings. The summed E-state index contributed by atoms with van der Waals surface area (Å²) in [5.41, 5.74) is 3.92. The lowest BCUT2D eigenvalue weighted by Crippen LogP contribution is -2.10. The largest absolute Gasteiger partial charge is 0.328 e. The first kappa shape index (κ1) is 12.2. The lowest BCUT2D eigenvalue weighted by molar-refractivity contribution is 0.461. The van der Waals surface area contributed by atoms with E-state index >= 15 is 0 Å². The highest BCUT2D eigenvalue weighted by atomic mass is 15.3. The first-order valence-corrected chi connectivity index (χ1v) is 7.97. The van der Waals surface area contributed by atoms with Crippen LogP contribution in [0.15, 0.2) is 18.6 Å². The number of fused-ring (bicyclic) bond motifs is 1. The summed E-state index contributed by atoms with van der Waals surface area (Å²) in [4.78, 5) is 4.57. The first-order chi connectivity index (χ1) is 9.90. The third-order valence-electron chi connectivity index (χ3n) is 4.80. The molecule has 0 aliphatic heterocycles. The Kier molecular flexibility index (Phi) is 3.09. The molecule has 2 aliphatic rings. The van der Waals surface area contributed by atoms with Gasteiger partial charge >= 0.3 is 0 Å². The van der Waals surface area contributed by atoms with E-state index in [1.807, 2.05) is 6.33 Å². The van der Waals surface area contributed by atoms with Crippen molar-refractivity contribution in [2.24, 2.45) is 0 Å². The van der Waals surface area contributed by atoms with Crippen molar-refractivity contribution >= 4 is 0 Å². The molecule has 0 N–H and O–H groups in total. The zero-order chi connectivity index (χ0) is 13.4. The predicted octanol–water partition coefficient (Wildman–Crippen LogP) is 3.12. The van der Waals surface area contributed by atoms with E-state index in [2.05, 4.69) is 26.5 Å². The molecule has 106 valence electrons. The third kappa shape index (κ3) is 2.17. The third-order valence-corrected chi connectivity index (χ3v) is 4.80. The van der Waals surface area contributed by atoms with Crippen LogP contribution in [-0.4, -0.2) is 19.3 Å². The second-order valence-electron chi connectivity index (χ2n) is 6.20. The highest BCUT2D eigenvalue weighted by molar-refractivity contribution is 5.17. The molecular weight excluding hydrogens is 248 g/mol. The molecule has 4 heteroatoms. The normalized spacial score (nSPS) is 19.4. The van der Waals surface area contributed by atoms with Crippen molar-refractivity contribution < 1.29 is 0 Å². The monoisotopic (exact) mass is 270 g/mol. The Morgan fingerprint density at radius 3 is 2.85 bits per heavy atom. The molecule has 0 bridgehead atoms. The van der Waals surface area contributed by atoms with Crippen molar-refractivity contribution in [3.8, 4) is 0 Å². The Balaban J connectivity index is 1.52. The first-order valence-electron chi connectivity index (χ1n) is 7.97. The Morgan fingerprint density at radius 1 is 1.10 bits per heavy atom. The summed E-state index contributed by atoms with van der Waals surface area (Å²) in [6.45, 7) is 0.877. The number of imidazole rings is 1. The van der Waals surface area contributed by atoms with E-state index in [4.69, 9.17) is 5.10 Å². The topological polar surface area (TPSA) is 35.6 Å². The van der Waals surface area contributed by atoms with Crippen molar-refractivity contribution in [1.29, 1.82) is 0 Å². The summed E-state index contributed by atoms with van der Waals surface area (Å²) in [6.07, 6.45) is 14.4. The van der Waals surface area contributed by atoms with Crippen molar-refractivity contribution in [3.05, 3.63) is 35.7 Å². The van der Waals surface area contributed by atoms with E-state index in [1.165, 1.54) is 62.0 Å². The fourth-order valence-electron chi connectivity index (χ4n) is 3.68. The van der Waals surface area contributed by atoms with Gasteiger partial charge in [0.25, 0.3) is 0 Å². The standard InChI is InChI=1S/C16H22N4/c1-2-6-14(5-1)20-10-9-13(18-20)11-19-12-17-15-7-3-4-8-16(15)19/h9-10,12,14H,1-8,11H2. The summed E-state index contributed by atoms with van der Waals surface area (Å²) >= 11 is 0. The lowest BCUT2D eigenvalue weighted by Gasteiger charge is -2.13. The van der Waals surface area contributed by atoms with Crippen LogP contribution in [0.5, 0.6) is 0 Å². The molecule has 0 atom stereocenters. The molecule has 4 nitrogen and oxygen atoms in total. The molecular formula is C16H22N4. The van der Waals surface area contributed by atoms with Crippen molar-refractivity contribution in [3.63, 3.8) is 0 Å². The van der Waals surface area contributed by atoms with Crippen LogP contribution in [0.25, 0.3) is 0 Å². The van der Waals surface area contributed by atoms with Gasteiger partial charge in [0.2, 0.25) is 0 Å². The second-order valence-corrected chi connectivity index (χ2v) is 6.20. The summed E-state index contributed by atoms with van der Waals surface area (Å²) in [5.74, 6) is 0. The zero-order valence-electron chi connectivity index (χ0n) is 12.0. The Morgan fingerprint density at radius 2 is 1.95 bits per heavy atom. The summed E-state index contributed by atoms with van der Waals surface area (Å²) < 4.78 is 4.49. The molecule has 0 saturated heterocycles. The van der Waals surface area contributed by atoms with Crippen LogP contribution in [0.2, 0.25) is 0 Å². The van der Waals surface area contributed by atoms with Crippen molar-refractivity contribution in [1.82, 2.24) is 19.3 Å². The van der Waals surface area contributed by atoms with E-state index in [1.54, 1.807) is 0 Å². The van der Waals surface area contributed by atoms with E-state index < -0.39 is 0 Å². The van der Waals surface area contributed by atoms with Gasteiger partial charge in [0.15, 0.2) is 0 Å². The number of aryl methyl sites for hydroxylation is 1. The average Bonchev–Trinajstić information content (AvgIpc) is 3.19. The van der Waals surface area contributed by atoms with Crippen LogP contribution in [0, 0.1) is 0 Å². The molecule has 4 rings (SSSR count). The SMILES string of the molecule is c1cn(C2CCCC2)nc1Cn1cnc2c1CCCC2. The highest BCUT2D eigenvalue weighted by Crippen LogP contribution is 2.29. The van der Waals surface area contributed by atoms with Crippen LogP contribution in [0.3, 0.4) is 0 Å². The molecule has 2 aromatic heterocycles. The summed E-state index contributed by atoms with van der Waals surface area (Å²) in [6, 6.07) is 2.81. The minimum atomic E-state index is 0.639. The van der Waals surface area contributed by atoms with Crippen molar-refractivity contribution in [2.45, 2.75) is 64.0 Å². The van der Waals surface area contributed by atoms with E-state index in [0.717, 1.165) is 13.0 Å². The molecule has 20 heavy (non-hydrogen) atoms. The second kappa shape index (κ2) is 5.08. The van der Waals surface area contributed by atoms with Gasteiger partial charge in [-0.15, -0.1) is 0 Å². The maximum Gasteiger partial charge on any atom is 0.0955 e. The summed E-state index contributed by atoms with van der Waals surface area (Å²) in [5, 5.41) is 4.78. The quantitative estimate of drug-likeness (QED) is 0.859. The van der Waals surface area contributed by atoms with E-state index in [0.29, 0.717) is 6.04 Å². The minimum absolute atomic E-state index is 0.639. The average molecular weight is 270 g/mol. The van der Waals surface area contributed by atoms with Gasteiger partial charge in [-0.05, 0) is 44.6 Å². The zero-order valence-corrected chi connectivity index (χ0v) is 12.0. The van der Waals surface area contributed by atoms with Gasteiger partial charge in [0.05, 0.1) is 30.3 Å². The fourth-order valence-corrected chi connectivity index (χ4v) is 3.68. The van der Waals surface area contributed by atoms with Crippen LogP contribution in [0.4, 0.5) is 0 Å². The Bertz CT molecular complexity index is 589. The number of hydrogen-bond acceptors (Lipinski definition) is 2. The maximum atomic E-state index is 4.78. The lowest BCUT2D eigenvalue weighted by atomic mass is 10.0. The molecule has 0 amide bonds. The minimum Gasteiger partial charge on any atom is -0.328 e. The smallest absolute Gasteiger partial charge is 0.0955 e. The van der Waals surface area contributed by atoms with E-state index in [9.17, 15) is 0 Å². The fraction of sp³-hybridized carbons (Fsp3) is 0.625. The van der Waals surface area contributed by atoms with Gasteiger partial charge in [-0.2, -0.15) is 5.10 Å². The van der Waals surface area contributed by atoms with Crippen LogP contribution in [-0.2, 0) is 19.4 Å². The van der Waals surface area contributed by atoms with Gasteiger partial charge in [-0.25, -0.2) is 4.98 Å². The highest BCUT2D eigenvalue weighted by Gasteiger charge is 2.19. The molecule has 0 unspecified atom stereocenters. The van der Waals surface area contributed by atoms with Gasteiger partial charge in [-0.3, -0.25) is 4.68 Å². The Labute approximate surface area is 119 Å². The summed E-state index contributed by atoms with van der Waals surface area (Å²) in [7, 11) is 0. The van der Waals surface area contributed by atoms with Crippen LogP contribution in [0.1, 0.15) is 61.6 Å². The molecule has 1 saturated carbocycles. The molecule has 0 spiro atoms. The van der Waals surface area contributed by atoms with Gasteiger partial charge < -0.3 is 4.57 Å². The number of nitrogens with zero attached hydrogens (tertiary/aromatic N) is 4. The van der Waals surface area contributed by atoms with Gasteiger partial charge in [-0.1, -0.05) is 12.8 Å². The Hall–Kier alpha value is -1.58. The maximum absolute atomic E-state index is 4.78. The predicted molar refractivity (Wildman–Crippen MR) is 77.7 cm³/mol. The molecule has 2 heterocycles. The van der Waals surface area contributed by atoms with Gasteiger partial charge in [0, 0.05) is 11.9 Å². The number of rotatable bonds is 3. The molecule has 2 aromatic rings. The van der Waals surface area contributed by atoms with Crippen LogP contribution >= 0.6 is 0 Å². The molecule has 0 radical (unpaired) electrons. The van der Waals surface area contributed by atoms with E-state index in [-0.39, 0.29) is 0 Å². The molecule has 0 aromatic carbocycles. The number of hydrogen-bond donors (Lipinski definition) is 0. The van der Waals surface area contributed by atoms with Gasteiger partial charge in [0.1, 0.15) is 0 Å². The van der Waals surface area contributed by atoms with Crippen molar-refractivity contribution in [2.75, 3.05) is 0 Å². The van der Waals surface area contributed by atoms with Crippen LogP contribution < -0.4 is 0 Å².